The van der Waals surface area contributed by atoms with Gasteiger partial charge in [0.1, 0.15) is 12.1 Å². The minimum atomic E-state index is -0.562. The number of benzene rings is 1. The third kappa shape index (κ3) is 3.09. The van der Waals surface area contributed by atoms with E-state index in [0.29, 0.717) is 10.7 Å². The Morgan fingerprint density at radius 2 is 2.10 bits per heavy atom. The average Bonchev–Trinajstić information content (AvgIpc) is 2.46. The van der Waals surface area contributed by atoms with E-state index in [4.69, 9.17) is 11.6 Å². The number of nitrogens with one attached hydrogen (secondary N) is 1. The van der Waals surface area contributed by atoms with Gasteiger partial charge < -0.3 is 5.32 Å². The highest BCUT2D eigenvalue weighted by molar-refractivity contribution is 9.10. The first-order valence-corrected chi connectivity index (χ1v) is 8.12. The Morgan fingerprint density at radius 3 is 2.71 bits per heavy atom. The number of nitrogens with zero attached hydrogens (tertiary/aromatic N) is 1. The summed E-state index contributed by atoms with van der Waals surface area (Å²) >= 11 is 9.47. The monoisotopic (exact) mass is 372 g/mol. The summed E-state index contributed by atoms with van der Waals surface area (Å²) in [5, 5.41) is 3.35. The Bertz CT molecular complexity index is 579. The lowest BCUT2D eigenvalue weighted by molar-refractivity contribution is -0.134. The molecule has 2 rings (SSSR count). The van der Waals surface area contributed by atoms with E-state index in [0.717, 1.165) is 10.9 Å². The van der Waals surface area contributed by atoms with Crippen LogP contribution in [0.3, 0.4) is 0 Å². The summed E-state index contributed by atoms with van der Waals surface area (Å²) < 4.78 is 0.740. The molecule has 1 aromatic carbocycles. The lowest BCUT2D eigenvalue weighted by Gasteiger charge is -2.39. The maximum absolute atomic E-state index is 12.8. The topological polar surface area (TPSA) is 49.4 Å². The number of rotatable bonds is 3. The van der Waals surface area contributed by atoms with Crippen molar-refractivity contribution < 1.29 is 9.59 Å². The first kappa shape index (κ1) is 16.3. The van der Waals surface area contributed by atoms with Crippen LogP contribution in [0.5, 0.6) is 0 Å². The zero-order chi connectivity index (χ0) is 15.7. The number of carbonyl (C=O) groups excluding carboxylic acids is 2. The predicted octanol–water partition coefficient (Wildman–Crippen LogP) is 3.37. The van der Waals surface area contributed by atoms with Gasteiger partial charge in [-0.1, -0.05) is 31.9 Å². The second-order valence-corrected chi connectivity index (χ2v) is 6.64. The van der Waals surface area contributed by atoms with Gasteiger partial charge in [0.15, 0.2) is 0 Å². The predicted molar refractivity (Wildman–Crippen MR) is 87.5 cm³/mol. The van der Waals surface area contributed by atoms with Crippen molar-refractivity contribution in [2.45, 2.75) is 39.3 Å². The summed E-state index contributed by atoms with van der Waals surface area (Å²) in [6.07, 6.45) is 0.815. The molecule has 21 heavy (non-hydrogen) atoms. The van der Waals surface area contributed by atoms with Gasteiger partial charge in [-0.05, 0) is 47.0 Å². The summed E-state index contributed by atoms with van der Waals surface area (Å²) in [6.45, 7) is 5.68. The molecule has 1 fully saturated rings. The molecule has 0 spiro atoms. The maximum atomic E-state index is 12.8. The molecule has 1 saturated heterocycles. The van der Waals surface area contributed by atoms with E-state index in [1.54, 1.807) is 25.1 Å². The van der Waals surface area contributed by atoms with Gasteiger partial charge in [0.2, 0.25) is 5.91 Å². The Balaban J connectivity index is 2.46. The Morgan fingerprint density at radius 1 is 1.43 bits per heavy atom. The number of halogens is 2. The fraction of sp³-hybridized carbons (Fsp3) is 0.467. The molecule has 114 valence electrons. The molecule has 3 unspecified atom stereocenters. The largest absolute Gasteiger partial charge is 0.342 e. The van der Waals surface area contributed by atoms with Gasteiger partial charge in [-0.15, -0.1) is 0 Å². The average molecular weight is 374 g/mol. The molecule has 0 radical (unpaired) electrons. The van der Waals surface area contributed by atoms with Crippen molar-refractivity contribution in [1.82, 2.24) is 5.32 Å². The van der Waals surface area contributed by atoms with Crippen molar-refractivity contribution in [2.24, 2.45) is 5.92 Å². The number of hydrogen-bond donors (Lipinski definition) is 1. The zero-order valence-electron chi connectivity index (χ0n) is 12.2. The van der Waals surface area contributed by atoms with Crippen LogP contribution in [0.4, 0.5) is 5.69 Å². The van der Waals surface area contributed by atoms with Crippen LogP contribution in [0.2, 0.25) is 5.02 Å². The lowest BCUT2D eigenvalue weighted by atomic mass is 9.94. The smallest absolute Gasteiger partial charge is 0.250 e. The summed E-state index contributed by atoms with van der Waals surface area (Å²) in [7, 11) is 0. The SMILES string of the molecule is CCC(C)C1NC(=O)C(C)N(c2cc(Cl)ccc2Br)C1=O. The molecule has 0 aliphatic carbocycles. The summed E-state index contributed by atoms with van der Waals surface area (Å²) in [6, 6.07) is 4.16. The quantitative estimate of drug-likeness (QED) is 0.883. The number of piperazine rings is 1. The van der Waals surface area contributed by atoms with Gasteiger partial charge in [-0.2, -0.15) is 0 Å². The summed E-state index contributed by atoms with van der Waals surface area (Å²) in [5.74, 6) is -0.166. The van der Waals surface area contributed by atoms with Crippen molar-refractivity contribution in [1.29, 1.82) is 0 Å². The molecule has 3 atom stereocenters. The van der Waals surface area contributed by atoms with Crippen molar-refractivity contribution >= 4 is 45.0 Å². The van der Waals surface area contributed by atoms with Crippen LogP contribution in [0, 0.1) is 5.92 Å². The zero-order valence-corrected chi connectivity index (χ0v) is 14.5. The van der Waals surface area contributed by atoms with E-state index < -0.39 is 12.1 Å². The highest BCUT2D eigenvalue weighted by atomic mass is 79.9. The summed E-state index contributed by atoms with van der Waals surface area (Å²) in [5.41, 5.74) is 0.628. The Hall–Kier alpha value is -1.07. The van der Waals surface area contributed by atoms with Crippen LogP contribution in [0.15, 0.2) is 22.7 Å². The summed E-state index contributed by atoms with van der Waals surface area (Å²) in [4.78, 5) is 26.5. The maximum Gasteiger partial charge on any atom is 0.250 e. The highest BCUT2D eigenvalue weighted by Crippen LogP contribution is 2.33. The highest BCUT2D eigenvalue weighted by Gasteiger charge is 2.41. The normalized spacial score (nSPS) is 24.0. The molecule has 1 N–H and O–H groups in total. The fourth-order valence-electron chi connectivity index (χ4n) is 2.41. The molecule has 2 amide bonds. The van der Waals surface area contributed by atoms with Gasteiger partial charge in [0.05, 0.1) is 5.69 Å². The number of carbonyl (C=O) groups is 2. The first-order chi connectivity index (χ1) is 9.86. The molecule has 1 aromatic rings. The van der Waals surface area contributed by atoms with E-state index in [1.807, 2.05) is 13.8 Å². The van der Waals surface area contributed by atoms with E-state index in [9.17, 15) is 9.59 Å². The number of amides is 2. The van der Waals surface area contributed by atoms with Gasteiger partial charge in [-0.25, -0.2) is 0 Å². The third-order valence-electron chi connectivity index (χ3n) is 3.95. The van der Waals surface area contributed by atoms with E-state index in [1.165, 1.54) is 4.90 Å². The van der Waals surface area contributed by atoms with Gasteiger partial charge in [0.25, 0.3) is 5.91 Å². The molecule has 6 heteroatoms. The first-order valence-electron chi connectivity index (χ1n) is 6.95. The molecular weight excluding hydrogens is 356 g/mol. The molecule has 4 nitrogen and oxygen atoms in total. The van der Waals surface area contributed by atoms with Crippen molar-refractivity contribution in [3.05, 3.63) is 27.7 Å². The van der Waals surface area contributed by atoms with E-state index in [-0.39, 0.29) is 17.7 Å². The fourth-order valence-corrected chi connectivity index (χ4v) is 3.02. The molecule has 0 aromatic heterocycles. The minimum absolute atomic E-state index is 0.0782. The second-order valence-electron chi connectivity index (χ2n) is 5.35. The minimum Gasteiger partial charge on any atom is -0.342 e. The van der Waals surface area contributed by atoms with Gasteiger partial charge >= 0.3 is 0 Å². The molecule has 0 saturated carbocycles. The number of hydrogen-bond acceptors (Lipinski definition) is 2. The lowest BCUT2D eigenvalue weighted by Crippen LogP contribution is -2.64. The van der Waals surface area contributed by atoms with E-state index >= 15 is 0 Å². The third-order valence-corrected chi connectivity index (χ3v) is 4.85. The Labute approximate surface area is 138 Å². The van der Waals surface area contributed by atoms with Crippen molar-refractivity contribution in [3.63, 3.8) is 0 Å². The number of anilines is 1. The van der Waals surface area contributed by atoms with Gasteiger partial charge in [-0.3, -0.25) is 14.5 Å². The Kier molecular flexibility index (Phi) is 4.94. The van der Waals surface area contributed by atoms with Crippen LogP contribution in [0.25, 0.3) is 0 Å². The van der Waals surface area contributed by atoms with Crippen molar-refractivity contribution in [2.75, 3.05) is 4.90 Å². The molecule has 1 aliphatic heterocycles. The molecular formula is C15H18BrClN2O2. The van der Waals surface area contributed by atoms with Crippen LogP contribution < -0.4 is 10.2 Å². The standard InChI is InChI=1S/C15H18BrClN2O2/c1-4-8(2)13-15(21)19(9(3)14(20)18-13)12-7-10(17)5-6-11(12)16/h5-9,13H,4H2,1-3H3,(H,18,20). The van der Waals surface area contributed by atoms with Crippen LogP contribution in [-0.2, 0) is 9.59 Å². The van der Waals surface area contributed by atoms with Crippen molar-refractivity contribution in [3.8, 4) is 0 Å². The van der Waals surface area contributed by atoms with Crippen LogP contribution in [0.1, 0.15) is 27.2 Å². The van der Waals surface area contributed by atoms with E-state index in [2.05, 4.69) is 21.2 Å². The molecule has 0 bridgehead atoms. The molecule has 1 heterocycles. The van der Waals surface area contributed by atoms with Gasteiger partial charge in [0, 0.05) is 9.50 Å². The second kappa shape index (κ2) is 6.36. The van der Waals surface area contributed by atoms with Crippen LogP contribution >= 0.6 is 27.5 Å². The van der Waals surface area contributed by atoms with Crippen LogP contribution in [-0.4, -0.2) is 23.9 Å². The molecule has 1 aliphatic rings.